The maximum absolute atomic E-state index is 11.9. The van der Waals surface area contributed by atoms with Crippen LogP contribution in [0, 0.1) is 10.1 Å². The monoisotopic (exact) mass is 463 g/mol. The lowest BCUT2D eigenvalue weighted by Gasteiger charge is -2.22. The fraction of sp³-hybridized carbons (Fsp3) is 0.273. The van der Waals surface area contributed by atoms with Crippen LogP contribution in [-0.2, 0) is 0 Å². The van der Waals surface area contributed by atoms with Crippen LogP contribution in [0.3, 0.4) is 0 Å². The minimum absolute atomic E-state index is 0.0528. The summed E-state index contributed by atoms with van der Waals surface area (Å²) in [7, 11) is 7.22. The summed E-state index contributed by atoms with van der Waals surface area (Å²) in [5, 5.41) is 23.2. The fourth-order valence-corrected chi connectivity index (χ4v) is 3.43. The number of nitro benzene ring substituents is 1. The first-order valence-electron chi connectivity index (χ1n) is 10.5. The van der Waals surface area contributed by atoms with Gasteiger partial charge in [-0.05, 0) is 26.2 Å². The highest BCUT2D eigenvalue weighted by Crippen LogP contribution is 2.38. The van der Waals surface area contributed by atoms with Crippen LogP contribution in [0.2, 0.25) is 0 Å². The van der Waals surface area contributed by atoms with E-state index in [0.717, 1.165) is 17.6 Å². The number of rotatable bonds is 9. The number of benzene rings is 2. The molecule has 0 atom stereocenters. The number of nitro groups is 1. The van der Waals surface area contributed by atoms with Gasteiger partial charge in [0.1, 0.15) is 17.0 Å². The molecule has 1 N–H and O–H groups in total. The van der Waals surface area contributed by atoms with Crippen LogP contribution in [0.15, 0.2) is 48.7 Å². The Morgan fingerprint density at radius 2 is 1.94 bits per heavy atom. The quantitative estimate of drug-likeness (QED) is 0.292. The van der Waals surface area contributed by atoms with Crippen LogP contribution in [0.25, 0.3) is 16.9 Å². The molecule has 2 heterocycles. The topological polar surface area (TPSA) is 127 Å². The zero-order valence-corrected chi connectivity index (χ0v) is 19.3. The second-order valence-corrected chi connectivity index (χ2v) is 7.88. The van der Waals surface area contributed by atoms with Gasteiger partial charge in [0.25, 0.3) is 5.69 Å². The molecule has 4 rings (SSSR count). The molecule has 0 bridgehead atoms. The number of anilines is 3. The Morgan fingerprint density at radius 3 is 2.68 bits per heavy atom. The molecule has 0 saturated heterocycles. The summed E-state index contributed by atoms with van der Waals surface area (Å²) in [5.74, 6) is 1.16. The van der Waals surface area contributed by atoms with E-state index in [9.17, 15) is 10.1 Å². The molecule has 0 aliphatic heterocycles. The summed E-state index contributed by atoms with van der Waals surface area (Å²) in [6.45, 7) is 1.36. The first-order valence-corrected chi connectivity index (χ1v) is 10.5. The Kier molecular flexibility index (Phi) is 6.50. The second-order valence-electron chi connectivity index (χ2n) is 7.88. The Hall–Kier alpha value is -4.32. The number of hydrogen-bond acceptors (Lipinski definition) is 10. The molecule has 2 aromatic heterocycles. The van der Waals surface area contributed by atoms with Gasteiger partial charge in [0, 0.05) is 44.5 Å². The van der Waals surface area contributed by atoms with Crippen LogP contribution in [0.1, 0.15) is 0 Å². The normalized spacial score (nSPS) is 11.1. The zero-order chi connectivity index (χ0) is 24.2. The maximum atomic E-state index is 11.9. The van der Waals surface area contributed by atoms with Gasteiger partial charge in [-0.1, -0.05) is 17.3 Å². The summed E-state index contributed by atoms with van der Waals surface area (Å²) in [5.41, 5.74) is 2.31. The molecule has 0 radical (unpaired) electrons. The number of methoxy groups -OCH3 is 1. The Balaban J connectivity index is 1.68. The van der Waals surface area contributed by atoms with Gasteiger partial charge in [-0.3, -0.25) is 10.1 Å². The molecule has 0 spiro atoms. The number of hydrogen-bond donors (Lipinski definition) is 1. The van der Waals surface area contributed by atoms with Crippen molar-refractivity contribution in [2.75, 3.05) is 51.6 Å². The van der Waals surface area contributed by atoms with E-state index in [2.05, 4.69) is 25.6 Å². The minimum atomic E-state index is -0.412. The Labute approximate surface area is 195 Å². The molecule has 12 nitrogen and oxygen atoms in total. The minimum Gasteiger partial charge on any atom is -0.494 e. The standard InChI is InChI=1S/C22H25N9O3/c1-28(2)11-12-29(3)18-14-20(34-4)16(13-19(18)31(32)33)24-22-23-10-9-21(25-22)30-17-8-6-5-7-15(17)26-27-30/h5-10,13-14H,11-12H2,1-4H3,(H,23,24,25). The zero-order valence-electron chi connectivity index (χ0n) is 19.3. The predicted octanol–water partition coefficient (Wildman–Crippen LogP) is 2.87. The average Bonchev–Trinajstić information content (AvgIpc) is 3.26. The predicted molar refractivity (Wildman–Crippen MR) is 129 cm³/mol. The molecular weight excluding hydrogens is 438 g/mol. The molecule has 4 aromatic rings. The van der Waals surface area contributed by atoms with Crippen molar-refractivity contribution in [3.8, 4) is 11.6 Å². The van der Waals surface area contributed by atoms with E-state index in [1.807, 2.05) is 55.2 Å². The van der Waals surface area contributed by atoms with Crippen molar-refractivity contribution in [3.63, 3.8) is 0 Å². The lowest BCUT2D eigenvalue weighted by Crippen LogP contribution is -2.28. The lowest BCUT2D eigenvalue weighted by atomic mass is 10.2. The second kappa shape index (κ2) is 9.67. The molecular formula is C22H25N9O3. The van der Waals surface area contributed by atoms with Gasteiger partial charge in [0.15, 0.2) is 5.82 Å². The molecule has 34 heavy (non-hydrogen) atoms. The van der Waals surface area contributed by atoms with Crippen LogP contribution in [0.4, 0.5) is 23.0 Å². The smallest absolute Gasteiger partial charge is 0.294 e. The van der Waals surface area contributed by atoms with E-state index in [4.69, 9.17) is 4.74 Å². The van der Waals surface area contributed by atoms with Gasteiger partial charge in [-0.2, -0.15) is 9.67 Å². The number of ether oxygens (including phenoxy) is 1. The van der Waals surface area contributed by atoms with Gasteiger partial charge in [0.05, 0.1) is 23.2 Å². The van der Waals surface area contributed by atoms with Crippen LogP contribution >= 0.6 is 0 Å². The lowest BCUT2D eigenvalue weighted by molar-refractivity contribution is -0.384. The fourth-order valence-electron chi connectivity index (χ4n) is 3.43. The van der Waals surface area contributed by atoms with Gasteiger partial charge in [-0.25, -0.2) is 4.98 Å². The van der Waals surface area contributed by atoms with E-state index < -0.39 is 4.92 Å². The van der Waals surface area contributed by atoms with Crippen molar-refractivity contribution in [3.05, 3.63) is 58.8 Å². The van der Waals surface area contributed by atoms with E-state index in [0.29, 0.717) is 29.5 Å². The summed E-state index contributed by atoms with van der Waals surface area (Å²) in [6, 6.07) is 12.3. The summed E-state index contributed by atoms with van der Waals surface area (Å²) >= 11 is 0. The highest BCUT2D eigenvalue weighted by Gasteiger charge is 2.22. The summed E-state index contributed by atoms with van der Waals surface area (Å²) in [6.07, 6.45) is 1.57. The summed E-state index contributed by atoms with van der Waals surface area (Å²) < 4.78 is 7.13. The van der Waals surface area contributed by atoms with Crippen LogP contribution in [0.5, 0.6) is 5.75 Å². The first-order chi connectivity index (χ1) is 16.4. The average molecular weight is 464 g/mol. The molecule has 0 unspecified atom stereocenters. The summed E-state index contributed by atoms with van der Waals surface area (Å²) in [4.78, 5) is 24.1. The number of nitrogens with one attached hydrogen (secondary N) is 1. The van der Waals surface area contributed by atoms with E-state index in [1.165, 1.54) is 13.2 Å². The third-order valence-electron chi connectivity index (χ3n) is 5.24. The van der Waals surface area contributed by atoms with Crippen LogP contribution in [-0.4, -0.2) is 76.1 Å². The third kappa shape index (κ3) is 4.71. The molecule has 176 valence electrons. The Morgan fingerprint density at radius 1 is 1.15 bits per heavy atom. The molecule has 12 heteroatoms. The molecule has 0 aliphatic rings. The molecule has 0 fully saturated rings. The number of likely N-dealkylation sites (N-methyl/N-ethyl adjacent to an activating group) is 2. The van der Waals surface area contributed by atoms with Gasteiger partial charge in [-0.15, -0.1) is 5.10 Å². The molecule has 0 amide bonds. The highest BCUT2D eigenvalue weighted by atomic mass is 16.6. The third-order valence-corrected chi connectivity index (χ3v) is 5.24. The number of aromatic nitrogens is 5. The van der Waals surface area contributed by atoms with Crippen molar-refractivity contribution in [1.29, 1.82) is 0 Å². The van der Waals surface area contributed by atoms with E-state index in [-0.39, 0.29) is 11.6 Å². The van der Waals surface area contributed by atoms with Crippen molar-refractivity contribution >= 4 is 34.0 Å². The Bertz CT molecular complexity index is 1320. The molecule has 0 aliphatic carbocycles. The van der Waals surface area contributed by atoms with E-state index in [1.54, 1.807) is 23.0 Å². The van der Waals surface area contributed by atoms with Gasteiger partial charge >= 0.3 is 0 Å². The van der Waals surface area contributed by atoms with Crippen molar-refractivity contribution < 1.29 is 9.66 Å². The van der Waals surface area contributed by atoms with Gasteiger partial charge < -0.3 is 19.9 Å². The number of fused-ring (bicyclic) bond motifs is 1. The largest absolute Gasteiger partial charge is 0.494 e. The SMILES string of the molecule is COc1cc(N(C)CCN(C)C)c([N+](=O)[O-])cc1Nc1nccc(-n2nnc3ccccc32)n1. The maximum Gasteiger partial charge on any atom is 0.294 e. The number of nitrogens with zero attached hydrogens (tertiary/aromatic N) is 8. The molecule has 0 saturated carbocycles. The number of para-hydroxylation sites is 1. The highest BCUT2D eigenvalue weighted by molar-refractivity contribution is 5.77. The van der Waals surface area contributed by atoms with E-state index >= 15 is 0 Å². The van der Waals surface area contributed by atoms with Crippen LogP contribution < -0.4 is 15.0 Å². The van der Waals surface area contributed by atoms with Crippen molar-refractivity contribution in [1.82, 2.24) is 29.9 Å². The first kappa shape index (κ1) is 22.9. The van der Waals surface area contributed by atoms with Crippen molar-refractivity contribution in [2.24, 2.45) is 0 Å². The molecule has 2 aromatic carbocycles. The van der Waals surface area contributed by atoms with Gasteiger partial charge in [0.2, 0.25) is 5.95 Å². The van der Waals surface area contributed by atoms with Crippen molar-refractivity contribution in [2.45, 2.75) is 0 Å².